The van der Waals surface area contributed by atoms with Crippen LogP contribution in [-0.2, 0) is 17.8 Å². The van der Waals surface area contributed by atoms with E-state index < -0.39 is 5.97 Å². The topological polar surface area (TPSA) is 69.9 Å². The third-order valence-electron chi connectivity index (χ3n) is 5.05. The van der Waals surface area contributed by atoms with E-state index in [1.165, 1.54) is 11.3 Å². The van der Waals surface area contributed by atoms with Gasteiger partial charge in [0.2, 0.25) is 0 Å². The lowest BCUT2D eigenvalue weighted by Crippen LogP contribution is -2.43. The van der Waals surface area contributed by atoms with Crippen LogP contribution in [-0.4, -0.2) is 51.5 Å². The zero-order valence-electron chi connectivity index (χ0n) is 15.5. The third kappa shape index (κ3) is 3.86. The number of imidazole rings is 1. The van der Waals surface area contributed by atoms with Gasteiger partial charge in [-0.15, -0.1) is 0 Å². The lowest BCUT2D eigenvalue weighted by atomic mass is 10.1. The number of carbonyl (C=O) groups is 1. The number of hydrogen-bond donors (Lipinski definition) is 2. The van der Waals surface area contributed by atoms with Gasteiger partial charge in [-0.1, -0.05) is 24.3 Å². The van der Waals surface area contributed by atoms with Crippen LogP contribution in [0, 0.1) is 6.92 Å². The van der Waals surface area contributed by atoms with E-state index in [-0.39, 0.29) is 6.42 Å². The van der Waals surface area contributed by atoms with Gasteiger partial charge in [0.1, 0.15) is 5.65 Å². The molecule has 140 valence electrons. The van der Waals surface area contributed by atoms with Crippen molar-refractivity contribution in [2.24, 2.45) is 0 Å². The molecule has 1 aliphatic heterocycles. The van der Waals surface area contributed by atoms with Crippen molar-refractivity contribution in [2.75, 3.05) is 26.2 Å². The Morgan fingerprint density at radius 2 is 1.93 bits per heavy atom. The van der Waals surface area contributed by atoms with E-state index in [4.69, 9.17) is 10.1 Å². The van der Waals surface area contributed by atoms with Crippen LogP contribution in [0.5, 0.6) is 0 Å². The minimum absolute atomic E-state index is 0.0400. The molecule has 0 radical (unpaired) electrons. The second-order valence-electron chi connectivity index (χ2n) is 7.13. The maximum atomic E-state index is 10.9. The summed E-state index contributed by atoms with van der Waals surface area (Å²) >= 11 is 0. The summed E-state index contributed by atoms with van der Waals surface area (Å²) in [6.07, 6.45) is 2.13. The highest BCUT2D eigenvalue weighted by atomic mass is 16.4. The van der Waals surface area contributed by atoms with Gasteiger partial charge in [0.05, 0.1) is 17.8 Å². The van der Waals surface area contributed by atoms with Gasteiger partial charge < -0.3 is 14.8 Å². The maximum absolute atomic E-state index is 10.9. The zero-order valence-corrected chi connectivity index (χ0v) is 15.5. The van der Waals surface area contributed by atoms with Crippen LogP contribution in [0.1, 0.15) is 16.8 Å². The molecule has 0 spiro atoms. The standard InChI is InChI=1S/C21H24N4O2/c1-15-6-9-25-18(14-24-10-7-22-8-11-24)21(23-19(25)12-15)17-4-2-16(3-5-17)13-20(26)27/h2-6,9,12,22H,7-8,10-11,13-14H2,1H3,(H,26,27). The van der Waals surface area contributed by atoms with E-state index >= 15 is 0 Å². The summed E-state index contributed by atoms with van der Waals surface area (Å²) in [5.41, 5.74) is 6.11. The van der Waals surface area contributed by atoms with E-state index in [9.17, 15) is 4.79 Å². The van der Waals surface area contributed by atoms with Gasteiger partial charge in [-0.3, -0.25) is 9.69 Å². The molecule has 4 rings (SSSR count). The molecule has 6 heteroatoms. The van der Waals surface area contributed by atoms with Crippen molar-refractivity contribution in [1.29, 1.82) is 0 Å². The van der Waals surface area contributed by atoms with Crippen molar-refractivity contribution in [2.45, 2.75) is 19.9 Å². The predicted octanol–water partition coefficient (Wildman–Crippen LogP) is 2.34. The van der Waals surface area contributed by atoms with Crippen molar-refractivity contribution in [3.8, 4) is 11.3 Å². The Kier molecular flexibility index (Phi) is 4.92. The molecule has 2 N–H and O–H groups in total. The Labute approximate surface area is 158 Å². The first-order chi connectivity index (χ1) is 13.1. The highest BCUT2D eigenvalue weighted by molar-refractivity contribution is 5.71. The van der Waals surface area contributed by atoms with Crippen molar-refractivity contribution < 1.29 is 9.90 Å². The number of aryl methyl sites for hydroxylation is 1. The number of rotatable bonds is 5. The van der Waals surface area contributed by atoms with E-state index in [0.29, 0.717) is 0 Å². The Morgan fingerprint density at radius 1 is 1.19 bits per heavy atom. The molecule has 0 amide bonds. The minimum Gasteiger partial charge on any atom is -0.481 e. The third-order valence-corrected chi connectivity index (χ3v) is 5.05. The summed E-state index contributed by atoms with van der Waals surface area (Å²) in [6, 6.07) is 11.9. The number of nitrogens with zero attached hydrogens (tertiary/aromatic N) is 3. The number of hydrogen-bond acceptors (Lipinski definition) is 4. The monoisotopic (exact) mass is 364 g/mol. The number of aromatic nitrogens is 2. The normalized spacial score (nSPS) is 15.3. The molecule has 0 unspecified atom stereocenters. The first-order valence-corrected chi connectivity index (χ1v) is 9.32. The summed E-state index contributed by atoms with van der Waals surface area (Å²) in [5, 5.41) is 12.4. The van der Waals surface area contributed by atoms with E-state index in [1.807, 2.05) is 24.3 Å². The van der Waals surface area contributed by atoms with Crippen LogP contribution in [0.15, 0.2) is 42.6 Å². The molecule has 1 aromatic carbocycles. The SMILES string of the molecule is Cc1ccn2c(CN3CCNCC3)c(-c3ccc(CC(=O)O)cc3)nc2c1. The average molecular weight is 364 g/mol. The number of piperazine rings is 1. The van der Waals surface area contributed by atoms with E-state index in [2.05, 4.69) is 39.9 Å². The fourth-order valence-electron chi connectivity index (χ4n) is 3.62. The number of benzene rings is 1. The van der Waals surface area contributed by atoms with Crippen molar-refractivity contribution in [3.63, 3.8) is 0 Å². The van der Waals surface area contributed by atoms with Crippen LogP contribution < -0.4 is 5.32 Å². The largest absolute Gasteiger partial charge is 0.481 e. The van der Waals surface area contributed by atoms with Crippen molar-refractivity contribution in [3.05, 3.63) is 59.4 Å². The molecular formula is C21H24N4O2. The van der Waals surface area contributed by atoms with E-state index in [0.717, 1.165) is 55.2 Å². The lowest BCUT2D eigenvalue weighted by Gasteiger charge is -2.27. The molecule has 0 atom stereocenters. The summed E-state index contributed by atoms with van der Waals surface area (Å²) < 4.78 is 2.18. The van der Waals surface area contributed by atoms with Gasteiger partial charge in [-0.2, -0.15) is 0 Å². The van der Waals surface area contributed by atoms with Crippen LogP contribution in [0.3, 0.4) is 0 Å². The van der Waals surface area contributed by atoms with Gasteiger partial charge in [-0.05, 0) is 30.2 Å². The zero-order chi connectivity index (χ0) is 18.8. The van der Waals surface area contributed by atoms with Crippen LogP contribution in [0.4, 0.5) is 0 Å². The molecule has 27 heavy (non-hydrogen) atoms. The number of carboxylic acid groups (broad SMARTS) is 1. The molecule has 3 heterocycles. The van der Waals surface area contributed by atoms with Gasteiger partial charge in [0, 0.05) is 44.5 Å². The molecule has 2 aromatic heterocycles. The van der Waals surface area contributed by atoms with Crippen molar-refractivity contribution >= 4 is 11.6 Å². The van der Waals surface area contributed by atoms with Gasteiger partial charge in [0.15, 0.2) is 0 Å². The number of nitrogens with one attached hydrogen (secondary N) is 1. The molecule has 0 bridgehead atoms. The molecule has 0 saturated carbocycles. The first kappa shape index (κ1) is 17.7. The number of fused-ring (bicyclic) bond motifs is 1. The number of carboxylic acids is 1. The summed E-state index contributed by atoms with van der Waals surface area (Å²) in [5.74, 6) is -0.814. The predicted molar refractivity (Wildman–Crippen MR) is 105 cm³/mol. The molecule has 3 aromatic rings. The van der Waals surface area contributed by atoms with Crippen LogP contribution in [0.25, 0.3) is 16.9 Å². The highest BCUT2D eigenvalue weighted by Crippen LogP contribution is 2.27. The summed E-state index contributed by atoms with van der Waals surface area (Å²) in [7, 11) is 0. The molecule has 1 aliphatic rings. The highest BCUT2D eigenvalue weighted by Gasteiger charge is 2.18. The second kappa shape index (κ2) is 7.50. The molecule has 1 saturated heterocycles. The van der Waals surface area contributed by atoms with Crippen molar-refractivity contribution in [1.82, 2.24) is 19.6 Å². The summed E-state index contributed by atoms with van der Waals surface area (Å²) in [4.78, 5) is 18.3. The molecule has 0 aliphatic carbocycles. The van der Waals surface area contributed by atoms with Gasteiger partial charge >= 0.3 is 5.97 Å². The van der Waals surface area contributed by atoms with Gasteiger partial charge in [0.25, 0.3) is 0 Å². The fourth-order valence-corrected chi connectivity index (χ4v) is 3.62. The Hall–Kier alpha value is -2.70. The number of pyridine rings is 1. The van der Waals surface area contributed by atoms with Crippen LogP contribution >= 0.6 is 0 Å². The van der Waals surface area contributed by atoms with Crippen LogP contribution in [0.2, 0.25) is 0 Å². The number of aliphatic carboxylic acids is 1. The maximum Gasteiger partial charge on any atom is 0.307 e. The first-order valence-electron chi connectivity index (χ1n) is 9.32. The quantitative estimate of drug-likeness (QED) is 0.727. The molecule has 6 nitrogen and oxygen atoms in total. The fraction of sp³-hybridized carbons (Fsp3) is 0.333. The lowest BCUT2D eigenvalue weighted by molar-refractivity contribution is -0.136. The molecular weight excluding hydrogens is 340 g/mol. The summed E-state index contributed by atoms with van der Waals surface area (Å²) in [6.45, 7) is 6.99. The second-order valence-corrected chi connectivity index (χ2v) is 7.13. The Bertz CT molecular complexity index is 956. The van der Waals surface area contributed by atoms with E-state index in [1.54, 1.807) is 0 Å². The smallest absolute Gasteiger partial charge is 0.307 e. The molecule has 1 fully saturated rings. The van der Waals surface area contributed by atoms with Gasteiger partial charge in [-0.25, -0.2) is 4.98 Å². The minimum atomic E-state index is -0.814. The Balaban J connectivity index is 1.73. The Morgan fingerprint density at radius 3 is 2.63 bits per heavy atom. The average Bonchev–Trinajstić information content (AvgIpc) is 3.00.